The first kappa shape index (κ1) is 14.1. The number of nitro groups is 1. The quantitative estimate of drug-likeness (QED) is 0.475. The van der Waals surface area contributed by atoms with Crippen LogP contribution in [0.5, 0.6) is 0 Å². The van der Waals surface area contributed by atoms with Gasteiger partial charge >= 0.3 is 0 Å². The number of benzene rings is 1. The fourth-order valence-corrected chi connectivity index (χ4v) is 6.11. The minimum atomic E-state index is -0.522. The summed E-state index contributed by atoms with van der Waals surface area (Å²) in [5, 5.41) is 11.0. The van der Waals surface area contributed by atoms with E-state index in [4.69, 9.17) is 0 Å². The van der Waals surface area contributed by atoms with Gasteiger partial charge in [-0.2, -0.15) is 0 Å². The maximum Gasteiger partial charge on any atom is 0.270 e. The molecule has 0 N–H and O–H groups in total. The second kappa shape index (κ2) is 4.43. The predicted molar refractivity (Wildman–Crippen MR) is 84.5 cm³/mol. The molecule has 1 aromatic rings. The largest absolute Gasteiger partial charge is 0.270 e. The van der Waals surface area contributed by atoms with Gasteiger partial charge in [0.25, 0.3) is 17.5 Å². The van der Waals surface area contributed by atoms with Crippen LogP contribution in [0.2, 0.25) is 0 Å². The molecule has 0 aromatic heterocycles. The Balaban J connectivity index is 1.57. The summed E-state index contributed by atoms with van der Waals surface area (Å²) in [5.74, 6) is 1.27. The second-order valence-corrected chi connectivity index (χ2v) is 8.07. The minimum Gasteiger partial charge on any atom is -0.269 e. The smallest absolute Gasteiger partial charge is 0.269 e. The summed E-state index contributed by atoms with van der Waals surface area (Å²) in [6.45, 7) is 0. The van der Waals surface area contributed by atoms with Crippen molar-refractivity contribution in [2.24, 2.45) is 17.8 Å². The standard InChI is InChI=1S/C18H18N2O4/c21-16-14-2-1-13(20(23)24)6-15(14)17(22)19(16)18-7-10-3-11(8-18)5-12(4-10)9-18/h1-2,6,10-12H,3-5,7-9H2. The van der Waals surface area contributed by atoms with Gasteiger partial charge in [-0.15, -0.1) is 0 Å². The maximum atomic E-state index is 13.0. The zero-order chi connectivity index (χ0) is 16.6. The van der Waals surface area contributed by atoms with E-state index in [1.54, 1.807) is 0 Å². The van der Waals surface area contributed by atoms with Crippen molar-refractivity contribution in [2.75, 3.05) is 0 Å². The number of carbonyl (C=O) groups excluding carboxylic acids is 2. The SMILES string of the molecule is O=C1c2ccc([N+](=O)[O-])cc2C(=O)N1C12CC3CC(CC(C3)C1)C2. The van der Waals surface area contributed by atoms with Crippen LogP contribution in [-0.4, -0.2) is 27.2 Å². The number of amides is 2. The summed E-state index contributed by atoms with van der Waals surface area (Å²) in [6.07, 6.45) is 6.42. The van der Waals surface area contributed by atoms with E-state index >= 15 is 0 Å². The lowest BCUT2D eigenvalue weighted by molar-refractivity contribution is -0.384. The Morgan fingerprint density at radius 2 is 1.50 bits per heavy atom. The summed E-state index contributed by atoms with van der Waals surface area (Å²) in [5.41, 5.74) is 0.0324. The molecule has 0 atom stereocenters. The minimum absolute atomic E-state index is 0.137. The van der Waals surface area contributed by atoms with Gasteiger partial charge in [-0.1, -0.05) is 0 Å². The summed E-state index contributed by atoms with van der Waals surface area (Å²) < 4.78 is 0. The first-order valence-corrected chi connectivity index (χ1v) is 8.64. The summed E-state index contributed by atoms with van der Waals surface area (Å²) >= 11 is 0. The van der Waals surface area contributed by atoms with Gasteiger partial charge in [-0.25, -0.2) is 0 Å². The van der Waals surface area contributed by atoms with E-state index in [2.05, 4.69) is 0 Å². The van der Waals surface area contributed by atoms with E-state index in [-0.39, 0.29) is 28.6 Å². The Kier molecular flexibility index (Phi) is 2.61. The number of hydrogen-bond donors (Lipinski definition) is 0. The van der Waals surface area contributed by atoms with Crippen LogP contribution in [0.1, 0.15) is 59.2 Å². The average molecular weight is 326 g/mol. The lowest BCUT2D eigenvalue weighted by Gasteiger charge is -2.59. The van der Waals surface area contributed by atoms with Crippen LogP contribution < -0.4 is 0 Å². The molecule has 124 valence electrons. The van der Waals surface area contributed by atoms with E-state index in [0.29, 0.717) is 23.3 Å². The third-order valence-electron chi connectivity index (χ3n) is 6.56. The lowest BCUT2D eigenvalue weighted by Crippen LogP contribution is -2.61. The van der Waals surface area contributed by atoms with Crippen LogP contribution in [-0.2, 0) is 0 Å². The molecule has 4 fully saturated rings. The number of nitrogens with zero attached hydrogens (tertiary/aromatic N) is 2. The number of imide groups is 1. The van der Waals surface area contributed by atoms with Gasteiger partial charge in [0.05, 0.1) is 21.6 Å². The van der Waals surface area contributed by atoms with Crippen molar-refractivity contribution in [1.29, 1.82) is 0 Å². The molecule has 0 radical (unpaired) electrons. The van der Waals surface area contributed by atoms with Gasteiger partial charge in [0.2, 0.25) is 0 Å². The fraction of sp³-hybridized carbons (Fsp3) is 0.556. The van der Waals surface area contributed by atoms with E-state index in [1.165, 1.54) is 42.4 Å². The highest BCUT2D eigenvalue weighted by Gasteiger charge is 2.58. The second-order valence-electron chi connectivity index (χ2n) is 8.07. The van der Waals surface area contributed by atoms with Gasteiger partial charge in [0.15, 0.2) is 0 Å². The fourth-order valence-electron chi connectivity index (χ4n) is 6.11. The molecule has 4 aliphatic carbocycles. The number of fused-ring (bicyclic) bond motifs is 1. The molecule has 0 unspecified atom stereocenters. The van der Waals surface area contributed by atoms with Gasteiger partial charge in [-0.3, -0.25) is 24.6 Å². The van der Waals surface area contributed by atoms with E-state index in [0.717, 1.165) is 19.3 Å². The highest BCUT2D eigenvalue weighted by Crippen LogP contribution is 2.58. The van der Waals surface area contributed by atoms with Crippen molar-refractivity contribution in [3.05, 3.63) is 39.4 Å². The van der Waals surface area contributed by atoms with Crippen molar-refractivity contribution < 1.29 is 14.5 Å². The molecule has 0 saturated heterocycles. The molecule has 0 spiro atoms. The van der Waals surface area contributed by atoms with Crippen LogP contribution in [0.15, 0.2) is 18.2 Å². The average Bonchev–Trinajstić information content (AvgIpc) is 2.77. The Labute approximate surface area is 139 Å². The molecule has 6 nitrogen and oxygen atoms in total. The maximum absolute atomic E-state index is 13.0. The molecule has 6 rings (SSSR count). The number of nitro benzene ring substituents is 1. The predicted octanol–water partition coefficient (Wildman–Crippen LogP) is 3.16. The van der Waals surface area contributed by atoms with Crippen molar-refractivity contribution in [3.63, 3.8) is 0 Å². The molecule has 1 aliphatic heterocycles. The number of hydrogen-bond acceptors (Lipinski definition) is 4. The number of non-ortho nitro benzene ring substituents is 1. The third-order valence-corrected chi connectivity index (χ3v) is 6.56. The van der Waals surface area contributed by atoms with Crippen molar-refractivity contribution in [3.8, 4) is 0 Å². The summed E-state index contributed by atoms with van der Waals surface area (Å²) in [7, 11) is 0. The zero-order valence-electron chi connectivity index (χ0n) is 13.2. The van der Waals surface area contributed by atoms with Crippen LogP contribution in [0.3, 0.4) is 0 Å². The van der Waals surface area contributed by atoms with Gasteiger partial charge in [0, 0.05) is 12.1 Å². The molecule has 4 bridgehead atoms. The third kappa shape index (κ3) is 1.71. The molecule has 1 heterocycles. The Morgan fingerprint density at radius 1 is 0.958 bits per heavy atom. The number of carbonyl (C=O) groups is 2. The topological polar surface area (TPSA) is 80.5 Å². The monoisotopic (exact) mass is 326 g/mol. The Hall–Kier alpha value is -2.24. The van der Waals surface area contributed by atoms with Crippen molar-refractivity contribution >= 4 is 17.5 Å². The van der Waals surface area contributed by atoms with Crippen LogP contribution in [0.4, 0.5) is 5.69 Å². The lowest BCUT2D eigenvalue weighted by atomic mass is 9.52. The molecule has 1 aromatic carbocycles. The van der Waals surface area contributed by atoms with Gasteiger partial charge < -0.3 is 0 Å². The van der Waals surface area contributed by atoms with Crippen molar-refractivity contribution in [1.82, 2.24) is 4.90 Å². The van der Waals surface area contributed by atoms with Crippen LogP contribution in [0.25, 0.3) is 0 Å². The van der Waals surface area contributed by atoms with Crippen LogP contribution in [0, 0.1) is 27.9 Å². The molecule has 4 saturated carbocycles. The highest BCUT2D eigenvalue weighted by atomic mass is 16.6. The Morgan fingerprint density at radius 3 is 2.04 bits per heavy atom. The zero-order valence-corrected chi connectivity index (χ0v) is 13.2. The normalized spacial score (nSPS) is 36.3. The molecule has 5 aliphatic rings. The molecule has 24 heavy (non-hydrogen) atoms. The molecule has 6 heteroatoms. The summed E-state index contributed by atoms with van der Waals surface area (Å²) in [6, 6.07) is 4.01. The first-order chi connectivity index (χ1) is 11.5. The molecular formula is C18H18N2O4. The highest BCUT2D eigenvalue weighted by molar-refractivity contribution is 6.22. The first-order valence-electron chi connectivity index (χ1n) is 8.64. The van der Waals surface area contributed by atoms with E-state index < -0.39 is 4.92 Å². The van der Waals surface area contributed by atoms with E-state index in [1.807, 2.05) is 0 Å². The van der Waals surface area contributed by atoms with Crippen LogP contribution >= 0.6 is 0 Å². The molecule has 2 amide bonds. The van der Waals surface area contributed by atoms with Gasteiger partial charge in [-0.05, 0) is 62.3 Å². The summed E-state index contributed by atoms with van der Waals surface area (Å²) in [4.78, 5) is 37.9. The molecular weight excluding hydrogens is 308 g/mol. The number of rotatable bonds is 2. The Bertz CT molecular complexity index is 765. The van der Waals surface area contributed by atoms with Gasteiger partial charge in [0.1, 0.15) is 0 Å². The van der Waals surface area contributed by atoms with Crippen molar-refractivity contribution in [2.45, 2.75) is 44.1 Å². The van der Waals surface area contributed by atoms with E-state index in [9.17, 15) is 19.7 Å².